The van der Waals surface area contributed by atoms with Gasteiger partial charge < -0.3 is 63.9 Å². The molecule has 0 spiro atoms. The summed E-state index contributed by atoms with van der Waals surface area (Å²) in [6.45, 7) is 2.92. The Labute approximate surface area is 413 Å². The summed E-state index contributed by atoms with van der Waals surface area (Å²) in [7, 11) is 2.07. The first-order valence-corrected chi connectivity index (χ1v) is 25.4. The summed E-state index contributed by atoms with van der Waals surface area (Å²) in [4.78, 5) is 114. The van der Waals surface area contributed by atoms with E-state index in [1.54, 1.807) is 66.9 Å². The topological polar surface area (TPSA) is 329 Å². The van der Waals surface area contributed by atoms with Crippen molar-refractivity contribution in [2.24, 2.45) is 11.5 Å². The zero-order chi connectivity index (χ0) is 50.7. The van der Waals surface area contributed by atoms with E-state index >= 15 is 0 Å². The lowest BCUT2D eigenvalue weighted by atomic mass is 10.0. The molecule has 0 unspecified atom stereocenters. The molecule has 20 nitrogen and oxygen atoms in total. The molecule has 7 amide bonds. The summed E-state index contributed by atoms with van der Waals surface area (Å²) in [5, 5.41) is 40.2. The number of amides is 7. The number of hydrogen-bond donors (Lipinski definition) is 12. The number of aromatic nitrogens is 1. The van der Waals surface area contributed by atoms with E-state index in [0.29, 0.717) is 29.5 Å². The van der Waals surface area contributed by atoms with Crippen LogP contribution < -0.4 is 48.7 Å². The van der Waals surface area contributed by atoms with Gasteiger partial charge in [-0.3, -0.25) is 33.6 Å². The van der Waals surface area contributed by atoms with Gasteiger partial charge in [0.05, 0.1) is 12.1 Å². The highest BCUT2D eigenvalue weighted by atomic mass is 33.1. The minimum atomic E-state index is -1.67. The Bertz CT molecular complexity index is 2430. The van der Waals surface area contributed by atoms with Gasteiger partial charge >= 0.3 is 5.97 Å². The number of nitrogens with two attached hydrogens (primary N) is 2. The number of nitrogens with one attached hydrogen (secondary N) is 8. The van der Waals surface area contributed by atoms with Gasteiger partial charge in [-0.05, 0) is 62.4 Å². The fourth-order valence-corrected chi connectivity index (χ4v) is 9.80. The monoisotopic (exact) mass is 1000 g/mol. The van der Waals surface area contributed by atoms with Crippen LogP contribution in [0.15, 0.2) is 91.1 Å². The highest BCUT2D eigenvalue weighted by Crippen LogP contribution is 2.23. The number of aliphatic carboxylic acids is 1. The number of fused-ring (bicyclic) bond motifs is 1. The summed E-state index contributed by atoms with van der Waals surface area (Å²) < 4.78 is 0. The number of carboxylic acids is 1. The van der Waals surface area contributed by atoms with Crippen molar-refractivity contribution < 1.29 is 48.6 Å². The fraction of sp³-hybridized carbons (Fsp3) is 0.417. The number of carbonyl (C=O) groups excluding carboxylic acids is 7. The smallest absolute Gasteiger partial charge is 0.327 e. The second kappa shape index (κ2) is 27.1. The van der Waals surface area contributed by atoms with Crippen molar-refractivity contribution in [2.45, 2.75) is 107 Å². The van der Waals surface area contributed by atoms with Crippen molar-refractivity contribution in [3.63, 3.8) is 0 Å². The maximum Gasteiger partial charge on any atom is 0.327 e. The Morgan fingerprint density at radius 3 is 1.76 bits per heavy atom. The molecular weight excluding hydrogens is 941 g/mol. The van der Waals surface area contributed by atoms with Crippen molar-refractivity contribution in [1.82, 2.24) is 42.2 Å². The van der Waals surface area contributed by atoms with Gasteiger partial charge in [0.15, 0.2) is 0 Å². The van der Waals surface area contributed by atoms with E-state index in [9.17, 15) is 48.6 Å². The molecular formula is C48H62N10O10S2. The molecule has 0 saturated carbocycles. The van der Waals surface area contributed by atoms with E-state index in [0.717, 1.165) is 32.5 Å². The van der Waals surface area contributed by atoms with Gasteiger partial charge in [-0.25, -0.2) is 4.79 Å². The molecule has 4 aromatic rings. The molecule has 9 atom stereocenters. The number of carboxylic acid groups (broad SMARTS) is 1. The molecule has 0 radical (unpaired) electrons. The Hall–Kier alpha value is -6.46. The van der Waals surface area contributed by atoms with Crippen LogP contribution in [0.1, 0.15) is 49.8 Å². The average Bonchev–Trinajstić information content (AvgIpc) is 3.75. The van der Waals surface area contributed by atoms with Crippen LogP contribution in [0.5, 0.6) is 0 Å². The Morgan fingerprint density at radius 2 is 1.14 bits per heavy atom. The lowest BCUT2D eigenvalue weighted by Crippen LogP contribution is -2.62. The molecule has 1 aromatic heterocycles. The molecule has 376 valence electrons. The number of rotatable bonds is 12. The zero-order valence-corrected chi connectivity index (χ0v) is 40.5. The third-order valence-electron chi connectivity index (χ3n) is 11.5. The van der Waals surface area contributed by atoms with Gasteiger partial charge in [0.2, 0.25) is 41.4 Å². The minimum Gasteiger partial charge on any atom is -0.480 e. The van der Waals surface area contributed by atoms with Crippen LogP contribution in [0.3, 0.4) is 0 Å². The average molecular weight is 1000 g/mol. The van der Waals surface area contributed by atoms with E-state index in [1.807, 2.05) is 24.3 Å². The van der Waals surface area contributed by atoms with Crippen molar-refractivity contribution in [3.05, 3.63) is 108 Å². The number of aliphatic hydroxyl groups is 1. The number of para-hydroxylation sites is 1. The van der Waals surface area contributed by atoms with Crippen molar-refractivity contribution in [1.29, 1.82) is 0 Å². The molecule has 1 saturated heterocycles. The number of carbonyl (C=O) groups is 8. The lowest BCUT2D eigenvalue weighted by molar-refractivity contribution is -0.141. The largest absolute Gasteiger partial charge is 0.480 e. The van der Waals surface area contributed by atoms with E-state index in [-0.39, 0.29) is 43.7 Å². The van der Waals surface area contributed by atoms with E-state index in [4.69, 9.17) is 11.5 Å². The van der Waals surface area contributed by atoms with Crippen molar-refractivity contribution >= 4 is 79.8 Å². The standard InChI is InChI=1S/C48H62N10O10S2/c1-27-41(60)54-38(23-31-24-51-34-18-10-9-17-32(31)34)46(65)53-35(19-11-12-20-49)43(62)58-40(28(2)59)47(66)56-37(22-30-15-7-4-8-16-30)45(64)57-39(48(67)68)26-70-69-25-33(50)42(61)55-36(44(63)52-27)21-29-13-5-3-6-14-29/h3-10,13-18,24,27-28,33,35-40,51,59H,11-12,19-23,25-26,49-50H2,1-2H3,(H,52,63)(H,53,65)(H,54,60)(H,55,61)(H,56,66)(H,57,64)(H,58,62)(H,67,68)/t27-,28+,33-,35-,36-,37-,38-,39-,40-/m0/s1. The third-order valence-corrected chi connectivity index (χ3v) is 13.9. The third kappa shape index (κ3) is 16.3. The molecule has 1 aliphatic heterocycles. The summed E-state index contributed by atoms with van der Waals surface area (Å²) in [6.07, 6.45) is 0.796. The van der Waals surface area contributed by atoms with E-state index < -0.39 is 102 Å². The molecule has 14 N–H and O–H groups in total. The second-order valence-corrected chi connectivity index (χ2v) is 19.6. The summed E-state index contributed by atoms with van der Waals surface area (Å²) in [5.74, 6) is -7.36. The van der Waals surface area contributed by atoms with Crippen LogP contribution in [0.2, 0.25) is 0 Å². The fourth-order valence-electron chi connectivity index (χ4n) is 7.52. The molecule has 0 bridgehead atoms. The number of benzene rings is 3. The maximum absolute atomic E-state index is 14.5. The van der Waals surface area contributed by atoms with Gasteiger partial charge in [-0.15, -0.1) is 0 Å². The molecule has 0 aliphatic carbocycles. The quantitative estimate of drug-likeness (QED) is 0.0653. The predicted molar refractivity (Wildman–Crippen MR) is 267 cm³/mol. The molecule has 2 heterocycles. The second-order valence-electron chi connectivity index (χ2n) is 17.0. The number of aromatic amines is 1. The van der Waals surface area contributed by atoms with Crippen LogP contribution in [-0.4, -0.2) is 135 Å². The molecule has 1 fully saturated rings. The predicted octanol–water partition coefficient (Wildman–Crippen LogP) is -0.0740. The van der Waals surface area contributed by atoms with Crippen LogP contribution in [0, 0.1) is 0 Å². The van der Waals surface area contributed by atoms with Gasteiger partial charge in [-0.2, -0.15) is 0 Å². The first kappa shape index (κ1) is 54.5. The summed E-state index contributed by atoms with van der Waals surface area (Å²) in [5.41, 5.74) is 14.7. The number of hydrogen-bond acceptors (Lipinski definition) is 13. The number of H-pyrrole nitrogens is 1. The molecule has 5 rings (SSSR count). The van der Waals surface area contributed by atoms with Gasteiger partial charge in [0, 0.05) is 47.9 Å². The molecule has 22 heteroatoms. The normalized spacial score (nSPS) is 24.7. The van der Waals surface area contributed by atoms with E-state index in [2.05, 4.69) is 42.2 Å². The Kier molecular flexibility index (Phi) is 21.1. The first-order valence-electron chi connectivity index (χ1n) is 22.9. The highest BCUT2D eigenvalue weighted by molar-refractivity contribution is 8.76. The molecule has 1 aliphatic rings. The zero-order valence-electron chi connectivity index (χ0n) is 38.9. The van der Waals surface area contributed by atoms with Gasteiger partial charge in [-0.1, -0.05) is 100 Å². The minimum absolute atomic E-state index is 0.0161. The van der Waals surface area contributed by atoms with Gasteiger partial charge in [0.1, 0.15) is 42.3 Å². The highest BCUT2D eigenvalue weighted by Gasteiger charge is 2.36. The summed E-state index contributed by atoms with van der Waals surface area (Å²) >= 11 is 0. The van der Waals surface area contributed by atoms with Crippen molar-refractivity contribution in [2.75, 3.05) is 18.1 Å². The Balaban J connectivity index is 1.50. The molecule has 3 aromatic carbocycles. The SMILES string of the molecule is C[C@@H]1NC(=O)[C@H](Cc2ccccc2)NC(=O)[C@@H](N)CSSC[C@@H](C(=O)O)NC(=O)[C@H](Cc2ccccc2)NC(=O)[C@H]([C@@H](C)O)NC(=O)[C@H](CCCCN)NC(=O)[C@H](Cc2c[nH]c3ccccc23)NC1=O. The first-order chi connectivity index (χ1) is 33.5. The van der Waals surface area contributed by atoms with Crippen LogP contribution in [-0.2, 0) is 57.6 Å². The Morgan fingerprint density at radius 1 is 0.629 bits per heavy atom. The number of aliphatic hydroxyl groups excluding tert-OH is 1. The van der Waals surface area contributed by atoms with Crippen LogP contribution in [0.4, 0.5) is 0 Å². The van der Waals surface area contributed by atoms with E-state index in [1.165, 1.54) is 13.8 Å². The molecule has 70 heavy (non-hydrogen) atoms. The summed E-state index contributed by atoms with van der Waals surface area (Å²) in [6, 6.07) is 13.8. The number of unbranched alkanes of at least 4 members (excludes halogenated alkanes) is 1. The lowest BCUT2D eigenvalue weighted by Gasteiger charge is -2.28. The van der Waals surface area contributed by atoms with Crippen molar-refractivity contribution in [3.8, 4) is 0 Å². The van der Waals surface area contributed by atoms with Crippen LogP contribution in [0.25, 0.3) is 10.9 Å². The maximum atomic E-state index is 14.5. The van der Waals surface area contributed by atoms with Gasteiger partial charge in [0.25, 0.3) is 0 Å². The van der Waals surface area contributed by atoms with Crippen LogP contribution >= 0.6 is 21.6 Å².